The number of nitrogens with one attached hydrogen (secondary N) is 1. The monoisotopic (exact) mass is 317 g/mol. The number of para-hydroxylation sites is 1. The van der Waals surface area contributed by atoms with E-state index in [2.05, 4.69) is 9.97 Å². The molecule has 6 nitrogen and oxygen atoms in total. The highest BCUT2D eigenvalue weighted by Gasteiger charge is 2.18. The first-order chi connectivity index (χ1) is 11.6. The molecule has 0 radical (unpaired) electrons. The molecule has 2 heterocycles. The number of nitro groups is 1. The fourth-order valence-electron chi connectivity index (χ4n) is 2.84. The molecule has 0 saturated heterocycles. The molecule has 24 heavy (non-hydrogen) atoms. The Morgan fingerprint density at radius 2 is 1.88 bits per heavy atom. The number of fused-ring (bicyclic) bond motifs is 3. The van der Waals surface area contributed by atoms with Crippen LogP contribution in [-0.2, 0) is 0 Å². The van der Waals surface area contributed by atoms with Gasteiger partial charge < -0.3 is 4.98 Å². The average molecular weight is 317 g/mol. The van der Waals surface area contributed by atoms with Gasteiger partial charge >= 0.3 is 0 Å². The van der Waals surface area contributed by atoms with Crippen molar-refractivity contribution in [1.82, 2.24) is 9.97 Å². The SMILES string of the molecule is O=C(c1cccc([N+](=O)[O-])c1)c1nccc2c1[nH]c1ccccc12. The summed E-state index contributed by atoms with van der Waals surface area (Å²) in [6.45, 7) is 0. The molecule has 4 aromatic rings. The second-order valence-corrected chi connectivity index (χ2v) is 5.39. The van der Waals surface area contributed by atoms with Gasteiger partial charge in [-0.05, 0) is 12.1 Å². The van der Waals surface area contributed by atoms with Crippen molar-refractivity contribution in [2.45, 2.75) is 0 Å². The van der Waals surface area contributed by atoms with E-state index in [-0.39, 0.29) is 22.7 Å². The molecule has 4 rings (SSSR count). The largest absolute Gasteiger partial charge is 0.353 e. The van der Waals surface area contributed by atoms with E-state index in [1.54, 1.807) is 12.3 Å². The number of aromatic nitrogens is 2. The highest BCUT2D eigenvalue weighted by molar-refractivity contribution is 6.18. The number of benzene rings is 2. The number of ketones is 1. The van der Waals surface area contributed by atoms with Crippen LogP contribution in [0.15, 0.2) is 60.8 Å². The van der Waals surface area contributed by atoms with Crippen molar-refractivity contribution in [2.24, 2.45) is 0 Å². The van der Waals surface area contributed by atoms with Crippen molar-refractivity contribution in [1.29, 1.82) is 0 Å². The number of non-ortho nitro benzene ring substituents is 1. The number of carbonyl (C=O) groups excluding carboxylic acids is 1. The Hall–Kier alpha value is -3.54. The molecule has 0 amide bonds. The van der Waals surface area contributed by atoms with Crippen molar-refractivity contribution in [3.8, 4) is 0 Å². The topological polar surface area (TPSA) is 88.9 Å². The molecule has 0 unspecified atom stereocenters. The first kappa shape index (κ1) is 14.1. The second kappa shape index (κ2) is 5.27. The van der Waals surface area contributed by atoms with Crippen molar-refractivity contribution in [3.05, 3.63) is 82.2 Å². The zero-order chi connectivity index (χ0) is 16.7. The van der Waals surface area contributed by atoms with Gasteiger partial charge in [-0.2, -0.15) is 0 Å². The molecule has 1 N–H and O–H groups in total. The Labute approximate surface area is 135 Å². The van der Waals surface area contributed by atoms with Crippen molar-refractivity contribution >= 4 is 33.3 Å². The normalized spacial score (nSPS) is 11.0. The van der Waals surface area contributed by atoms with Crippen LogP contribution in [0.2, 0.25) is 0 Å². The zero-order valence-corrected chi connectivity index (χ0v) is 12.4. The fourth-order valence-corrected chi connectivity index (χ4v) is 2.84. The van der Waals surface area contributed by atoms with Gasteiger partial charge in [0.25, 0.3) is 5.69 Å². The quantitative estimate of drug-likeness (QED) is 0.353. The molecule has 0 saturated carbocycles. The highest BCUT2D eigenvalue weighted by Crippen LogP contribution is 2.27. The predicted molar refractivity (Wildman–Crippen MR) is 90.1 cm³/mol. The molecule has 2 aromatic carbocycles. The number of nitrogens with zero attached hydrogens (tertiary/aromatic N) is 2. The van der Waals surface area contributed by atoms with Gasteiger partial charge in [-0.25, -0.2) is 0 Å². The van der Waals surface area contributed by atoms with Gasteiger partial charge in [-0.1, -0.05) is 30.3 Å². The standard InChI is InChI=1S/C18H11N3O3/c22-18(11-4-3-5-12(10-11)21(23)24)17-16-14(8-9-19-17)13-6-1-2-7-15(13)20-16/h1-10,20H. The van der Waals surface area contributed by atoms with E-state index < -0.39 is 4.92 Å². The van der Waals surface area contributed by atoms with Crippen LogP contribution in [0.25, 0.3) is 21.8 Å². The lowest BCUT2D eigenvalue weighted by molar-refractivity contribution is -0.384. The molecular formula is C18H11N3O3. The molecule has 0 bridgehead atoms. The Bertz CT molecular complexity index is 1110. The minimum atomic E-state index is -0.520. The third-order valence-electron chi connectivity index (χ3n) is 3.96. The van der Waals surface area contributed by atoms with E-state index in [0.717, 1.165) is 16.3 Å². The van der Waals surface area contributed by atoms with Crippen LogP contribution in [-0.4, -0.2) is 20.7 Å². The molecule has 0 aliphatic heterocycles. The maximum absolute atomic E-state index is 12.8. The Morgan fingerprint density at radius 3 is 2.71 bits per heavy atom. The number of aromatic amines is 1. The number of rotatable bonds is 3. The summed E-state index contributed by atoms with van der Waals surface area (Å²) in [5.74, 6) is -0.351. The van der Waals surface area contributed by atoms with Crippen LogP contribution in [0.5, 0.6) is 0 Å². The lowest BCUT2D eigenvalue weighted by Crippen LogP contribution is -2.05. The number of H-pyrrole nitrogens is 1. The average Bonchev–Trinajstić information content (AvgIpc) is 3.00. The Balaban J connectivity index is 1.91. The minimum absolute atomic E-state index is 0.121. The molecular weight excluding hydrogens is 306 g/mol. The summed E-state index contributed by atoms with van der Waals surface area (Å²) in [5, 5.41) is 12.8. The molecule has 0 aliphatic carbocycles. The molecule has 0 fully saturated rings. The van der Waals surface area contributed by atoms with E-state index in [0.29, 0.717) is 5.52 Å². The van der Waals surface area contributed by atoms with Crippen LogP contribution >= 0.6 is 0 Å². The maximum atomic E-state index is 12.8. The number of nitro benzene ring substituents is 1. The van der Waals surface area contributed by atoms with E-state index in [4.69, 9.17) is 0 Å². The van der Waals surface area contributed by atoms with Gasteiger partial charge in [0, 0.05) is 40.2 Å². The zero-order valence-electron chi connectivity index (χ0n) is 12.4. The lowest BCUT2D eigenvalue weighted by atomic mass is 10.0. The van der Waals surface area contributed by atoms with Crippen molar-refractivity contribution in [2.75, 3.05) is 0 Å². The van der Waals surface area contributed by atoms with E-state index >= 15 is 0 Å². The van der Waals surface area contributed by atoms with Gasteiger partial charge in [0.2, 0.25) is 5.78 Å². The minimum Gasteiger partial charge on any atom is -0.353 e. The summed E-state index contributed by atoms with van der Waals surface area (Å²) in [4.78, 5) is 30.6. The number of hydrogen-bond acceptors (Lipinski definition) is 4. The molecule has 116 valence electrons. The third kappa shape index (κ3) is 2.13. The third-order valence-corrected chi connectivity index (χ3v) is 3.96. The Morgan fingerprint density at radius 1 is 1.04 bits per heavy atom. The molecule has 2 aromatic heterocycles. The van der Waals surface area contributed by atoms with Crippen LogP contribution in [0, 0.1) is 10.1 Å². The fraction of sp³-hybridized carbons (Fsp3) is 0. The lowest BCUT2D eigenvalue weighted by Gasteiger charge is -2.02. The summed E-state index contributed by atoms with van der Waals surface area (Å²) >= 11 is 0. The highest BCUT2D eigenvalue weighted by atomic mass is 16.6. The number of hydrogen-bond donors (Lipinski definition) is 1. The van der Waals surface area contributed by atoms with E-state index in [9.17, 15) is 14.9 Å². The second-order valence-electron chi connectivity index (χ2n) is 5.39. The van der Waals surface area contributed by atoms with Gasteiger partial charge in [0.1, 0.15) is 5.69 Å². The number of carbonyl (C=O) groups is 1. The van der Waals surface area contributed by atoms with Crippen molar-refractivity contribution < 1.29 is 9.72 Å². The van der Waals surface area contributed by atoms with Crippen LogP contribution in [0.4, 0.5) is 5.69 Å². The smallest absolute Gasteiger partial charge is 0.270 e. The summed E-state index contributed by atoms with van der Waals surface area (Å²) in [6.07, 6.45) is 1.58. The van der Waals surface area contributed by atoms with Gasteiger partial charge in [0.05, 0.1) is 10.4 Å². The molecule has 0 atom stereocenters. The summed E-state index contributed by atoms with van der Waals surface area (Å²) in [7, 11) is 0. The summed E-state index contributed by atoms with van der Waals surface area (Å²) in [6, 6.07) is 15.3. The first-order valence-corrected chi connectivity index (χ1v) is 7.30. The maximum Gasteiger partial charge on any atom is 0.270 e. The van der Waals surface area contributed by atoms with Crippen LogP contribution in [0.3, 0.4) is 0 Å². The van der Waals surface area contributed by atoms with Crippen molar-refractivity contribution in [3.63, 3.8) is 0 Å². The van der Waals surface area contributed by atoms with Gasteiger partial charge in [0.15, 0.2) is 0 Å². The summed E-state index contributed by atoms with van der Waals surface area (Å²) < 4.78 is 0. The van der Waals surface area contributed by atoms with Gasteiger partial charge in [-0.15, -0.1) is 0 Å². The van der Waals surface area contributed by atoms with Crippen LogP contribution in [0.1, 0.15) is 16.1 Å². The molecule has 0 aliphatic rings. The first-order valence-electron chi connectivity index (χ1n) is 7.30. The van der Waals surface area contributed by atoms with Gasteiger partial charge in [-0.3, -0.25) is 19.9 Å². The Kier molecular flexibility index (Phi) is 3.09. The predicted octanol–water partition coefficient (Wildman–Crippen LogP) is 3.86. The van der Waals surface area contributed by atoms with E-state index in [1.165, 1.54) is 18.2 Å². The van der Waals surface area contributed by atoms with E-state index in [1.807, 2.05) is 30.3 Å². The summed E-state index contributed by atoms with van der Waals surface area (Å²) in [5.41, 5.74) is 1.92. The molecule has 6 heteroatoms. The van der Waals surface area contributed by atoms with Crippen LogP contribution < -0.4 is 0 Å². The molecule has 0 spiro atoms. The number of pyridine rings is 1.